The quantitative estimate of drug-likeness (QED) is 0.442. The summed E-state index contributed by atoms with van der Waals surface area (Å²) in [5, 5.41) is 18.9. The van der Waals surface area contributed by atoms with E-state index in [-0.39, 0.29) is 24.3 Å². The van der Waals surface area contributed by atoms with Crippen LogP contribution in [0.15, 0.2) is 53.4 Å². The minimum atomic E-state index is -4.06. The first-order valence-electron chi connectivity index (χ1n) is 10.2. The van der Waals surface area contributed by atoms with Crippen LogP contribution in [0.25, 0.3) is 0 Å². The average molecular weight is 449 g/mol. The van der Waals surface area contributed by atoms with E-state index < -0.39 is 28.1 Å². The first kappa shape index (κ1) is 23.2. The van der Waals surface area contributed by atoms with Crippen molar-refractivity contribution in [3.8, 4) is 5.75 Å². The monoisotopic (exact) mass is 448 g/mol. The summed E-state index contributed by atoms with van der Waals surface area (Å²) in [6.07, 6.45) is -0.487. The fraction of sp³-hybridized carbons (Fsp3) is 0.409. The van der Waals surface area contributed by atoms with Gasteiger partial charge in [0.25, 0.3) is 5.91 Å². The van der Waals surface area contributed by atoms with Crippen molar-refractivity contribution >= 4 is 15.9 Å². The molecular weight excluding hydrogens is 420 g/mol. The molecule has 0 bridgehead atoms. The highest BCUT2D eigenvalue weighted by Gasteiger charge is 2.40. The van der Waals surface area contributed by atoms with Gasteiger partial charge in [-0.05, 0) is 54.2 Å². The molecule has 1 fully saturated rings. The van der Waals surface area contributed by atoms with Crippen LogP contribution in [0.3, 0.4) is 0 Å². The Morgan fingerprint density at radius 2 is 1.84 bits per heavy atom. The van der Waals surface area contributed by atoms with E-state index in [1.807, 2.05) is 18.2 Å². The minimum absolute atomic E-state index is 0.0210. The normalized spacial score (nSPS) is 19.9. The molecule has 3 N–H and O–H groups in total. The Hall–Kier alpha value is -2.46. The maximum atomic E-state index is 13.1. The number of hydroxylamine groups is 1. The second kappa shape index (κ2) is 9.78. The molecule has 3 rings (SSSR count). The molecule has 9 heteroatoms. The Kier molecular flexibility index (Phi) is 7.32. The lowest BCUT2D eigenvalue weighted by Crippen LogP contribution is -2.54. The Labute approximate surface area is 182 Å². The Morgan fingerprint density at radius 1 is 1.16 bits per heavy atom. The highest BCUT2D eigenvalue weighted by Crippen LogP contribution is 2.27. The Balaban J connectivity index is 1.76. The molecule has 1 heterocycles. The summed E-state index contributed by atoms with van der Waals surface area (Å²) >= 11 is 0. The topological polar surface area (TPSA) is 116 Å². The number of carbonyl (C=O) groups excluding carboxylic acids is 1. The van der Waals surface area contributed by atoms with Crippen LogP contribution in [-0.2, 0) is 21.4 Å². The summed E-state index contributed by atoms with van der Waals surface area (Å²) in [5.74, 6) is 0.0522. The number of nitrogens with one attached hydrogen (secondary N) is 1. The van der Waals surface area contributed by atoms with Crippen molar-refractivity contribution in [3.05, 3.63) is 59.7 Å². The highest BCUT2D eigenvalue weighted by molar-refractivity contribution is 7.89. The number of nitrogens with zero attached hydrogens (tertiary/aromatic N) is 1. The van der Waals surface area contributed by atoms with Gasteiger partial charge in [-0.25, -0.2) is 13.9 Å². The second-order valence-electron chi connectivity index (χ2n) is 7.91. The third-order valence-electron chi connectivity index (χ3n) is 5.43. The third-order valence-corrected chi connectivity index (χ3v) is 7.32. The van der Waals surface area contributed by atoms with Gasteiger partial charge in [-0.2, -0.15) is 4.31 Å². The van der Waals surface area contributed by atoms with Gasteiger partial charge in [-0.1, -0.05) is 38.1 Å². The summed E-state index contributed by atoms with van der Waals surface area (Å²) in [7, 11) is -4.06. The molecule has 0 saturated carbocycles. The molecule has 2 aromatic rings. The van der Waals surface area contributed by atoms with Crippen LogP contribution in [-0.4, -0.2) is 47.6 Å². The van der Waals surface area contributed by atoms with Gasteiger partial charge in [-0.3, -0.25) is 10.0 Å². The van der Waals surface area contributed by atoms with Gasteiger partial charge in [0.05, 0.1) is 11.0 Å². The zero-order chi connectivity index (χ0) is 22.6. The molecule has 1 aliphatic heterocycles. The lowest BCUT2D eigenvalue weighted by Gasteiger charge is -2.35. The fourth-order valence-electron chi connectivity index (χ4n) is 3.76. The first-order chi connectivity index (χ1) is 14.7. The van der Waals surface area contributed by atoms with Crippen LogP contribution >= 0.6 is 0 Å². The zero-order valence-corrected chi connectivity index (χ0v) is 18.4. The summed E-state index contributed by atoms with van der Waals surface area (Å²) in [6.45, 7) is 4.36. The van der Waals surface area contributed by atoms with Crippen LogP contribution in [0.5, 0.6) is 5.75 Å². The molecule has 0 unspecified atom stereocenters. The predicted octanol–water partition coefficient (Wildman–Crippen LogP) is 2.41. The number of β-amino-alcohol motifs (C(OH)–C–C–N with tert-alkyl or cyclic N) is 1. The van der Waals surface area contributed by atoms with Crippen molar-refractivity contribution in [1.82, 2.24) is 9.79 Å². The molecular formula is C22H28N2O6S. The van der Waals surface area contributed by atoms with Crippen LogP contribution in [0.1, 0.15) is 43.7 Å². The molecule has 0 aliphatic carbocycles. The molecule has 8 nitrogen and oxygen atoms in total. The number of aliphatic hydroxyl groups is 1. The number of benzene rings is 2. The van der Waals surface area contributed by atoms with Crippen molar-refractivity contribution in [2.45, 2.75) is 56.3 Å². The molecule has 2 atom stereocenters. The molecule has 168 valence electrons. The second-order valence-corrected chi connectivity index (χ2v) is 9.80. The van der Waals surface area contributed by atoms with Crippen molar-refractivity contribution in [2.24, 2.45) is 0 Å². The summed E-state index contributed by atoms with van der Waals surface area (Å²) in [6, 6.07) is 12.9. The molecule has 2 aromatic carbocycles. The summed E-state index contributed by atoms with van der Waals surface area (Å²) < 4.78 is 32.9. The highest BCUT2D eigenvalue weighted by atomic mass is 32.2. The van der Waals surface area contributed by atoms with E-state index in [1.165, 1.54) is 23.2 Å². The number of carbonyl (C=O) groups is 1. The SMILES string of the molecule is CC(C)c1ccccc1COc1ccc(S(=O)(=O)N2C[C@H](O)CC[C@@H]2C(=O)NO)cc1. The molecule has 0 spiro atoms. The number of hydrogen-bond acceptors (Lipinski definition) is 6. The number of amides is 1. The van der Waals surface area contributed by atoms with Gasteiger partial charge in [0.1, 0.15) is 18.4 Å². The predicted molar refractivity (Wildman–Crippen MR) is 114 cm³/mol. The van der Waals surface area contributed by atoms with Crippen molar-refractivity contribution in [2.75, 3.05) is 6.54 Å². The number of sulfonamides is 1. The van der Waals surface area contributed by atoms with Gasteiger partial charge in [0.15, 0.2) is 0 Å². The number of aliphatic hydroxyl groups excluding tert-OH is 1. The maximum Gasteiger partial charge on any atom is 0.261 e. The number of hydrogen-bond donors (Lipinski definition) is 3. The van der Waals surface area contributed by atoms with Crippen LogP contribution in [0, 0.1) is 0 Å². The van der Waals surface area contributed by atoms with E-state index >= 15 is 0 Å². The summed E-state index contributed by atoms with van der Waals surface area (Å²) in [5.41, 5.74) is 3.77. The average Bonchev–Trinajstić information content (AvgIpc) is 2.77. The van der Waals surface area contributed by atoms with Crippen molar-refractivity contribution < 1.29 is 28.3 Å². The molecule has 0 radical (unpaired) electrons. The Morgan fingerprint density at radius 3 is 2.48 bits per heavy atom. The van der Waals surface area contributed by atoms with Gasteiger partial charge in [0.2, 0.25) is 10.0 Å². The lowest BCUT2D eigenvalue weighted by molar-refractivity contribution is -0.135. The van der Waals surface area contributed by atoms with Crippen molar-refractivity contribution in [3.63, 3.8) is 0 Å². The number of ether oxygens (including phenoxy) is 1. The number of piperidine rings is 1. The minimum Gasteiger partial charge on any atom is -0.489 e. The third kappa shape index (κ3) is 5.24. The summed E-state index contributed by atoms with van der Waals surface area (Å²) in [4.78, 5) is 11.9. The van der Waals surface area contributed by atoms with Crippen LogP contribution in [0.2, 0.25) is 0 Å². The van der Waals surface area contributed by atoms with E-state index in [9.17, 15) is 18.3 Å². The zero-order valence-electron chi connectivity index (χ0n) is 17.6. The largest absolute Gasteiger partial charge is 0.489 e. The van der Waals surface area contributed by atoms with Crippen molar-refractivity contribution in [1.29, 1.82) is 0 Å². The van der Waals surface area contributed by atoms with E-state index in [0.29, 0.717) is 18.3 Å². The molecule has 31 heavy (non-hydrogen) atoms. The van der Waals surface area contributed by atoms with E-state index in [4.69, 9.17) is 9.94 Å². The fourth-order valence-corrected chi connectivity index (χ4v) is 5.41. The van der Waals surface area contributed by atoms with E-state index in [0.717, 1.165) is 9.87 Å². The number of rotatable bonds is 7. The Bertz CT molecular complexity index is 1010. The van der Waals surface area contributed by atoms with E-state index in [2.05, 4.69) is 19.9 Å². The van der Waals surface area contributed by atoms with Gasteiger partial charge in [-0.15, -0.1) is 0 Å². The van der Waals surface area contributed by atoms with Gasteiger partial charge in [0, 0.05) is 6.54 Å². The molecule has 1 aliphatic rings. The van der Waals surface area contributed by atoms with Crippen LogP contribution < -0.4 is 10.2 Å². The van der Waals surface area contributed by atoms with Gasteiger partial charge < -0.3 is 9.84 Å². The maximum absolute atomic E-state index is 13.1. The lowest BCUT2D eigenvalue weighted by atomic mass is 9.98. The standard InChI is InChI=1S/C22H28N2O6S/c1-15(2)20-6-4-3-5-16(20)14-30-18-8-10-19(11-9-18)31(28,29)24-13-17(25)7-12-21(24)22(26)23-27/h3-6,8-11,15,17,21,25,27H,7,12-14H2,1-2H3,(H,23,26)/t17-,21-/m1/s1. The molecule has 1 saturated heterocycles. The van der Waals surface area contributed by atoms with E-state index in [1.54, 1.807) is 12.1 Å². The van der Waals surface area contributed by atoms with Gasteiger partial charge >= 0.3 is 0 Å². The molecule has 1 amide bonds. The molecule has 0 aromatic heterocycles. The smallest absolute Gasteiger partial charge is 0.261 e. The van der Waals surface area contributed by atoms with Crippen LogP contribution in [0.4, 0.5) is 0 Å². The first-order valence-corrected chi connectivity index (χ1v) is 11.6.